The molecule has 35 heavy (non-hydrogen) atoms. The van der Waals surface area contributed by atoms with Gasteiger partial charge < -0.3 is 24.3 Å². The monoisotopic (exact) mass is 478 g/mol. The average Bonchev–Trinajstić information content (AvgIpc) is 3.23. The van der Waals surface area contributed by atoms with E-state index >= 15 is 0 Å². The highest BCUT2D eigenvalue weighted by molar-refractivity contribution is 5.51. The van der Waals surface area contributed by atoms with E-state index in [1.165, 1.54) is 18.3 Å². The maximum atomic E-state index is 12.8. The summed E-state index contributed by atoms with van der Waals surface area (Å²) in [6, 6.07) is 7.15. The van der Waals surface area contributed by atoms with Crippen LogP contribution in [-0.2, 0) is 4.74 Å². The van der Waals surface area contributed by atoms with E-state index in [1.807, 2.05) is 12.1 Å². The molecule has 1 saturated heterocycles. The molecule has 0 amide bonds. The fraction of sp³-hybridized carbons (Fsp3) is 0.464. The minimum atomic E-state index is -0.363. The lowest BCUT2D eigenvalue weighted by Crippen LogP contribution is -2.62. The smallest absolute Gasteiger partial charge is 0.291 e. The van der Waals surface area contributed by atoms with Gasteiger partial charge in [0.15, 0.2) is 5.43 Å². The Balaban J connectivity index is 1.59. The molecule has 1 spiro atoms. The van der Waals surface area contributed by atoms with E-state index in [2.05, 4.69) is 32.9 Å². The van der Waals surface area contributed by atoms with E-state index in [0.717, 1.165) is 5.56 Å². The number of anilines is 1. The second kappa shape index (κ2) is 8.08. The van der Waals surface area contributed by atoms with Crippen LogP contribution in [0.2, 0.25) is 0 Å². The van der Waals surface area contributed by atoms with E-state index in [4.69, 9.17) is 13.9 Å². The highest BCUT2D eigenvalue weighted by Gasteiger charge is 2.71. The van der Waals surface area contributed by atoms with Crippen LogP contribution in [0.1, 0.15) is 61.7 Å². The van der Waals surface area contributed by atoms with Crippen molar-refractivity contribution in [3.63, 3.8) is 0 Å². The van der Waals surface area contributed by atoms with Gasteiger partial charge >= 0.3 is 0 Å². The second-order valence-electron chi connectivity index (χ2n) is 10.6. The summed E-state index contributed by atoms with van der Waals surface area (Å²) in [5, 5.41) is 20.5. The highest BCUT2D eigenvalue weighted by atomic mass is 16.8. The van der Waals surface area contributed by atoms with Crippen molar-refractivity contribution in [2.75, 3.05) is 18.9 Å². The van der Waals surface area contributed by atoms with Crippen LogP contribution in [0.3, 0.4) is 0 Å². The number of methoxy groups -OCH3 is 1. The number of rotatable bonds is 4. The molecule has 7 heteroatoms. The quantitative estimate of drug-likeness (QED) is 0.561. The number of ether oxygens (including phenoxy) is 2. The molecule has 2 fully saturated rings. The number of hydrogen-bond acceptors (Lipinski definition) is 7. The lowest BCUT2D eigenvalue weighted by Gasteiger charge is -2.67. The summed E-state index contributed by atoms with van der Waals surface area (Å²) in [7, 11) is 1.50. The number of benzene rings is 1. The van der Waals surface area contributed by atoms with Crippen molar-refractivity contribution >= 4 is 5.69 Å². The first-order valence-electron chi connectivity index (χ1n) is 12.0. The van der Waals surface area contributed by atoms with Crippen LogP contribution in [-0.4, -0.2) is 18.9 Å². The maximum absolute atomic E-state index is 12.8. The molecule has 5 atom stereocenters. The molecule has 5 rings (SSSR count). The Labute approximate surface area is 205 Å². The zero-order valence-corrected chi connectivity index (χ0v) is 21.0. The molecule has 1 aromatic carbocycles. The Hall–Kier alpha value is -2.87. The van der Waals surface area contributed by atoms with Crippen molar-refractivity contribution in [1.82, 2.24) is 0 Å². The molecule has 2 aliphatic carbocycles. The van der Waals surface area contributed by atoms with Gasteiger partial charge in [0.25, 0.3) is 5.95 Å². The molecule has 1 aliphatic heterocycles. The van der Waals surface area contributed by atoms with Crippen molar-refractivity contribution in [2.45, 2.75) is 53.1 Å². The van der Waals surface area contributed by atoms with Gasteiger partial charge in [-0.15, -0.1) is 0 Å². The molecular weight excluding hydrogens is 446 g/mol. The molecular formula is C28H32NO6-. The Morgan fingerprint density at radius 1 is 1.11 bits per heavy atom. The zero-order valence-electron chi connectivity index (χ0n) is 21.0. The van der Waals surface area contributed by atoms with Crippen LogP contribution in [0.4, 0.5) is 5.69 Å². The SMILES string of the molecule is COc1oc([C@H]2C[C@]3(CO2)[C@H](c2ccc(N([O-])O)cc2)[C@]2(C)C=C(C)C=C(C)[C@@H]23)c(C)c(=O)c1C. The molecule has 1 N–H and O–H groups in total. The van der Waals surface area contributed by atoms with Gasteiger partial charge in [-0.25, -0.2) is 0 Å². The van der Waals surface area contributed by atoms with E-state index in [1.54, 1.807) is 26.0 Å². The summed E-state index contributed by atoms with van der Waals surface area (Å²) >= 11 is 0. The van der Waals surface area contributed by atoms with Crippen molar-refractivity contribution in [3.05, 3.63) is 85.4 Å². The van der Waals surface area contributed by atoms with Crippen LogP contribution >= 0.6 is 0 Å². The van der Waals surface area contributed by atoms with Crippen molar-refractivity contribution in [3.8, 4) is 5.95 Å². The van der Waals surface area contributed by atoms with Gasteiger partial charge in [-0.05, 0) is 57.7 Å². The predicted molar refractivity (Wildman–Crippen MR) is 133 cm³/mol. The third kappa shape index (κ3) is 3.33. The van der Waals surface area contributed by atoms with Crippen molar-refractivity contribution in [2.24, 2.45) is 16.7 Å². The molecule has 0 bridgehead atoms. The summed E-state index contributed by atoms with van der Waals surface area (Å²) in [6.45, 7) is 10.6. The molecule has 0 unspecified atom stereocenters. The standard InChI is InChI=1S/C28H32NO6/c1-15-11-16(2)24-27(5,12-15)25(19-7-9-20(10-8-19)29(31)32)28(24)13-21(34-14-28)23-17(3)22(30)18(4)26(33-6)35-23/h7-12,21,24-25,31H,13-14H2,1-6H3/q-1/t21-,24+,25-,27-,28-/m1/s1. The summed E-state index contributed by atoms with van der Waals surface area (Å²) in [5.74, 6) is 1.14. The topological polar surface area (TPSA) is 95.2 Å². The largest absolute Gasteiger partial charge is 0.733 e. The molecule has 1 aromatic heterocycles. The molecule has 186 valence electrons. The van der Waals surface area contributed by atoms with Crippen LogP contribution in [0, 0.1) is 35.8 Å². The predicted octanol–water partition coefficient (Wildman–Crippen LogP) is 5.73. The molecule has 3 aliphatic rings. The minimum Gasteiger partial charge on any atom is -0.733 e. The number of nitrogens with zero attached hydrogens (tertiary/aromatic N) is 1. The highest BCUT2D eigenvalue weighted by Crippen LogP contribution is 2.76. The maximum Gasteiger partial charge on any atom is 0.291 e. The summed E-state index contributed by atoms with van der Waals surface area (Å²) in [5.41, 5.74) is 4.44. The summed E-state index contributed by atoms with van der Waals surface area (Å²) in [6.07, 6.45) is 4.94. The first-order chi connectivity index (χ1) is 16.5. The van der Waals surface area contributed by atoms with Gasteiger partial charge in [-0.3, -0.25) is 10.0 Å². The molecule has 1 saturated carbocycles. The van der Waals surface area contributed by atoms with Crippen LogP contribution in [0.5, 0.6) is 5.95 Å². The van der Waals surface area contributed by atoms with E-state index in [9.17, 15) is 15.2 Å². The zero-order chi connectivity index (χ0) is 25.3. The van der Waals surface area contributed by atoms with Gasteiger partial charge in [0.05, 0.1) is 25.0 Å². The number of allylic oxidation sites excluding steroid dienone is 4. The van der Waals surface area contributed by atoms with Crippen molar-refractivity contribution < 1.29 is 19.1 Å². The van der Waals surface area contributed by atoms with Gasteiger partial charge in [0.2, 0.25) is 0 Å². The van der Waals surface area contributed by atoms with E-state index in [0.29, 0.717) is 29.9 Å². The summed E-state index contributed by atoms with van der Waals surface area (Å²) < 4.78 is 17.8. The van der Waals surface area contributed by atoms with Gasteiger partial charge in [0, 0.05) is 22.3 Å². The molecule has 2 heterocycles. The average molecular weight is 479 g/mol. The fourth-order valence-electron chi connectivity index (χ4n) is 7.58. The third-order valence-electron chi connectivity index (χ3n) is 8.45. The number of hydrogen-bond donors (Lipinski definition) is 1. The normalized spacial score (nSPS) is 31.5. The second-order valence-corrected chi connectivity index (χ2v) is 10.6. The van der Waals surface area contributed by atoms with Gasteiger partial charge in [-0.1, -0.05) is 42.4 Å². The minimum absolute atomic E-state index is 0.0864. The molecule has 2 aromatic rings. The Morgan fingerprint density at radius 3 is 2.43 bits per heavy atom. The van der Waals surface area contributed by atoms with E-state index in [-0.39, 0.29) is 51.1 Å². The summed E-state index contributed by atoms with van der Waals surface area (Å²) in [4.78, 5) is 12.8. The Kier molecular flexibility index (Phi) is 5.51. The lowest BCUT2D eigenvalue weighted by atomic mass is 9.35. The lowest BCUT2D eigenvalue weighted by molar-refractivity contribution is -0.101. The van der Waals surface area contributed by atoms with Crippen molar-refractivity contribution in [1.29, 1.82) is 0 Å². The third-order valence-corrected chi connectivity index (χ3v) is 8.45. The van der Waals surface area contributed by atoms with E-state index < -0.39 is 0 Å². The Bertz CT molecular complexity index is 1290. The molecule has 0 radical (unpaired) electrons. The first kappa shape index (κ1) is 23.9. The van der Waals surface area contributed by atoms with Crippen LogP contribution < -0.4 is 15.4 Å². The number of fused-ring (bicyclic) bond motifs is 2. The molecule has 7 nitrogen and oxygen atoms in total. The van der Waals surface area contributed by atoms with Crippen LogP contribution in [0.15, 0.2) is 56.8 Å². The fourth-order valence-corrected chi connectivity index (χ4v) is 7.58. The van der Waals surface area contributed by atoms with Gasteiger partial charge in [-0.2, -0.15) is 0 Å². The first-order valence-corrected chi connectivity index (χ1v) is 12.0. The van der Waals surface area contributed by atoms with Crippen LogP contribution in [0.25, 0.3) is 0 Å². The Morgan fingerprint density at radius 2 is 1.80 bits per heavy atom. The van der Waals surface area contributed by atoms with Gasteiger partial charge in [0.1, 0.15) is 11.9 Å².